The Morgan fingerprint density at radius 1 is 0.960 bits per heavy atom. The molecule has 0 N–H and O–H groups in total. The zero-order chi connectivity index (χ0) is 17.1. The zero-order valence-corrected chi connectivity index (χ0v) is 14.4. The molecule has 2 aliphatic rings. The molecule has 1 aromatic carbocycles. The van der Waals surface area contributed by atoms with Crippen LogP contribution in [0.25, 0.3) is 0 Å². The summed E-state index contributed by atoms with van der Waals surface area (Å²) < 4.78 is 0. The van der Waals surface area contributed by atoms with Gasteiger partial charge >= 0.3 is 0 Å². The molecule has 25 heavy (non-hydrogen) atoms. The molecule has 0 spiro atoms. The van der Waals surface area contributed by atoms with E-state index in [1.54, 1.807) is 0 Å². The molecule has 5 nitrogen and oxygen atoms in total. The van der Waals surface area contributed by atoms with Crippen LogP contribution >= 0.6 is 0 Å². The zero-order valence-electron chi connectivity index (χ0n) is 14.4. The van der Waals surface area contributed by atoms with Crippen molar-refractivity contribution in [3.05, 3.63) is 54.9 Å². The third-order valence-electron chi connectivity index (χ3n) is 5.17. The van der Waals surface area contributed by atoms with Crippen molar-refractivity contribution in [2.24, 2.45) is 5.92 Å². The number of para-hydroxylation sites is 1. The normalized spacial score (nSPS) is 21.8. The number of hydrogen-bond donors (Lipinski definition) is 0. The predicted octanol–water partition coefficient (Wildman–Crippen LogP) is 2.26. The minimum atomic E-state index is 0.255. The van der Waals surface area contributed by atoms with Crippen LogP contribution in [0.15, 0.2) is 54.9 Å². The molecular weight excluding hydrogens is 312 g/mol. The number of nitrogens with zero attached hydrogens (tertiary/aromatic N) is 4. The number of piperazine rings is 1. The quantitative estimate of drug-likeness (QED) is 0.859. The lowest BCUT2D eigenvalue weighted by molar-refractivity contribution is -0.117. The molecule has 0 bridgehead atoms. The van der Waals surface area contributed by atoms with Crippen LogP contribution in [-0.2, 0) is 4.79 Å². The van der Waals surface area contributed by atoms with E-state index in [0.29, 0.717) is 12.3 Å². The van der Waals surface area contributed by atoms with Crippen LogP contribution in [0.2, 0.25) is 0 Å². The van der Waals surface area contributed by atoms with E-state index in [1.807, 2.05) is 53.7 Å². The van der Waals surface area contributed by atoms with E-state index in [-0.39, 0.29) is 5.91 Å². The first-order chi connectivity index (χ1) is 12.3. The number of rotatable bonds is 4. The first-order valence-corrected chi connectivity index (χ1v) is 9.02. The summed E-state index contributed by atoms with van der Waals surface area (Å²) >= 11 is 0. The molecule has 0 radical (unpaired) electrons. The number of pyridine rings is 1. The van der Waals surface area contributed by atoms with Crippen molar-refractivity contribution in [2.45, 2.75) is 6.42 Å². The van der Waals surface area contributed by atoms with Crippen LogP contribution in [0.3, 0.4) is 0 Å². The van der Waals surface area contributed by atoms with Crippen LogP contribution in [0, 0.1) is 5.92 Å². The van der Waals surface area contributed by atoms with Crippen molar-refractivity contribution in [3.8, 4) is 0 Å². The Labute approximate surface area is 148 Å². The lowest BCUT2D eigenvalue weighted by atomic mass is 10.1. The van der Waals surface area contributed by atoms with Crippen molar-refractivity contribution < 1.29 is 4.79 Å². The Hall–Kier alpha value is -2.40. The molecular formula is C20H24N4O. The summed E-state index contributed by atoms with van der Waals surface area (Å²) in [6.45, 7) is 5.99. The van der Waals surface area contributed by atoms with Gasteiger partial charge in [-0.15, -0.1) is 0 Å². The molecule has 2 aliphatic heterocycles. The van der Waals surface area contributed by atoms with Crippen LogP contribution in [0.1, 0.15) is 6.42 Å². The highest BCUT2D eigenvalue weighted by molar-refractivity contribution is 5.95. The molecule has 1 amide bonds. The van der Waals surface area contributed by atoms with Crippen LogP contribution in [0.4, 0.5) is 11.4 Å². The Balaban J connectivity index is 1.30. The fraction of sp³-hybridized carbons (Fsp3) is 0.400. The van der Waals surface area contributed by atoms with Crippen LogP contribution in [0.5, 0.6) is 0 Å². The second-order valence-electron chi connectivity index (χ2n) is 6.91. The van der Waals surface area contributed by atoms with E-state index < -0.39 is 0 Å². The van der Waals surface area contributed by atoms with Crippen LogP contribution < -0.4 is 9.80 Å². The smallest absolute Gasteiger partial charge is 0.227 e. The maximum absolute atomic E-state index is 12.4. The molecule has 3 heterocycles. The summed E-state index contributed by atoms with van der Waals surface area (Å²) in [5, 5.41) is 0. The number of carbonyl (C=O) groups is 1. The first kappa shape index (κ1) is 16.1. The average molecular weight is 336 g/mol. The number of anilines is 2. The Bertz CT molecular complexity index is 698. The molecule has 130 valence electrons. The van der Waals surface area contributed by atoms with E-state index >= 15 is 0 Å². The Kier molecular flexibility index (Phi) is 4.65. The number of hydrogen-bond acceptors (Lipinski definition) is 4. The molecule has 0 unspecified atom stereocenters. The van der Waals surface area contributed by atoms with E-state index in [2.05, 4.69) is 20.9 Å². The van der Waals surface area contributed by atoms with Crippen molar-refractivity contribution in [3.63, 3.8) is 0 Å². The van der Waals surface area contributed by atoms with E-state index in [0.717, 1.165) is 45.0 Å². The second-order valence-corrected chi connectivity index (χ2v) is 6.91. The van der Waals surface area contributed by atoms with Crippen LogP contribution in [-0.4, -0.2) is 55.1 Å². The molecule has 2 saturated heterocycles. The number of amides is 1. The number of carbonyl (C=O) groups excluding carboxylic acids is 1. The standard InChI is InChI=1S/C20H24N4O/c25-20-13-17(16-24(20)18-5-2-1-3-6-18)15-22-9-11-23(12-10-22)19-7-4-8-21-14-19/h1-8,14,17H,9-13,15-16H2/t17-/m1/s1. The van der Waals surface area contributed by atoms with Gasteiger partial charge in [0.15, 0.2) is 0 Å². The highest BCUT2D eigenvalue weighted by Gasteiger charge is 2.32. The highest BCUT2D eigenvalue weighted by atomic mass is 16.2. The van der Waals surface area contributed by atoms with Crippen molar-refractivity contribution in [1.29, 1.82) is 0 Å². The lowest BCUT2D eigenvalue weighted by Crippen LogP contribution is -2.48. The SMILES string of the molecule is O=C1C[C@H](CN2CCN(c3cccnc3)CC2)CN1c1ccccc1. The van der Waals surface area contributed by atoms with Gasteiger partial charge in [0.05, 0.1) is 11.9 Å². The second kappa shape index (κ2) is 7.23. The van der Waals surface area contributed by atoms with Crippen molar-refractivity contribution in [2.75, 3.05) is 49.1 Å². The number of benzene rings is 1. The molecule has 2 fully saturated rings. The maximum atomic E-state index is 12.4. The minimum absolute atomic E-state index is 0.255. The van der Waals surface area contributed by atoms with Gasteiger partial charge in [0, 0.05) is 57.6 Å². The highest BCUT2D eigenvalue weighted by Crippen LogP contribution is 2.26. The van der Waals surface area contributed by atoms with E-state index in [4.69, 9.17) is 0 Å². The fourth-order valence-corrected chi connectivity index (χ4v) is 3.86. The average Bonchev–Trinajstić information content (AvgIpc) is 3.04. The largest absolute Gasteiger partial charge is 0.368 e. The third kappa shape index (κ3) is 3.66. The summed E-state index contributed by atoms with van der Waals surface area (Å²) in [6.07, 6.45) is 4.41. The maximum Gasteiger partial charge on any atom is 0.227 e. The summed E-state index contributed by atoms with van der Waals surface area (Å²) in [7, 11) is 0. The molecule has 0 aliphatic carbocycles. The summed E-state index contributed by atoms with van der Waals surface area (Å²) in [5.41, 5.74) is 2.23. The monoisotopic (exact) mass is 336 g/mol. The predicted molar refractivity (Wildman–Crippen MR) is 99.8 cm³/mol. The lowest BCUT2D eigenvalue weighted by Gasteiger charge is -2.36. The summed E-state index contributed by atoms with van der Waals surface area (Å²) in [6, 6.07) is 14.1. The van der Waals surface area contributed by atoms with E-state index in [9.17, 15) is 4.79 Å². The third-order valence-corrected chi connectivity index (χ3v) is 5.17. The molecule has 5 heteroatoms. The van der Waals surface area contributed by atoms with Crippen molar-refractivity contribution in [1.82, 2.24) is 9.88 Å². The summed E-state index contributed by atoms with van der Waals surface area (Å²) in [4.78, 5) is 23.4. The van der Waals surface area contributed by atoms with E-state index in [1.165, 1.54) is 5.69 Å². The Morgan fingerprint density at radius 2 is 1.72 bits per heavy atom. The number of aromatic nitrogens is 1. The van der Waals surface area contributed by atoms with Gasteiger partial charge in [0.25, 0.3) is 0 Å². The van der Waals surface area contributed by atoms with Gasteiger partial charge in [0.2, 0.25) is 5.91 Å². The van der Waals surface area contributed by atoms with Gasteiger partial charge in [-0.25, -0.2) is 0 Å². The van der Waals surface area contributed by atoms with Gasteiger partial charge in [-0.2, -0.15) is 0 Å². The minimum Gasteiger partial charge on any atom is -0.368 e. The molecule has 4 rings (SSSR count). The van der Waals surface area contributed by atoms with Gasteiger partial charge in [0.1, 0.15) is 0 Å². The first-order valence-electron chi connectivity index (χ1n) is 9.02. The van der Waals surface area contributed by atoms with Gasteiger partial charge in [-0.1, -0.05) is 18.2 Å². The molecule has 1 aromatic heterocycles. The van der Waals surface area contributed by atoms with Crippen molar-refractivity contribution >= 4 is 17.3 Å². The molecule has 1 atom stereocenters. The fourth-order valence-electron chi connectivity index (χ4n) is 3.86. The summed E-state index contributed by atoms with van der Waals surface area (Å²) in [5.74, 6) is 0.683. The molecule has 0 saturated carbocycles. The van der Waals surface area contributed by atoms with Gasteiger partial charge in [-0.3, -0.25) is 14.7 Å². The molecule has 2 aromatic rings. The Morgan fingerprint density at radius 3 is 2.44 bits per heavy atom. The van der Waals surface area contributed by atoms with Gasteiger partial charge < -0.3 is 9.80 Å². The van der Waals surface area contributed by atoms with Gasteiger partial charge in [-0.05, 0) is 30.2 Å². The topological polar surface area (TPSA) is 39.7 Å².